The van der Waals surface area contributed by atoms with Crippen molar-refractivity contribution in [1.82, 2.24) is 5.16 Å². The summed E-state index contributed by atoms with van der Waals surface area (Å²) in [6, 6.07) is 16.0. The first kappa shape index (κ1) is 19.2. The number of ether oxygens (including phenoxy) is 2. The van der Waals surface area contributed by atoms with Gasteiger partial charge in [-0.1, -0.05) is 41.6 Å². The lowest BCUT2D eigenvalue weighted by molar-refractivity contribution is 0.0959. The Morgan fingerprint density at radius 1 is 1.00 bits per heavy atom. The number of hydrogen-bond acceptors (Lipinski definition) is 5. The molecule has 4 rings (SSSR count). The summed E-state index contributed by atoms with van der Waals surface area (Å²) in [5.41, 5.74) is 3.52. The predicted octanol–water partition coefficient (Wildman–Crippen LogP) is 4.98. The smallest absolute Gasteiger partial charge is 0.168 e. The van der Waals surface area contributed by atoms with Crippen LogP contribution in [0.2, 0.25) is 0 Å². The standard InChI is InChI=1S/C24H25NO4/c1-3-27-21-11-10-16(13-22(21)28-4-2)12-19-24-20(26)14-18(15-23(24)29-25-19)17-8-6-5-7-9-17/h5-11,13,18H,3-4,12,14-15H2,1-2H3/t18-/m1/s1. The Labute approximate surface area is 170 Å². The van der Waals surface area contributed by atoms with Gasteiger partial charge in [0.1, 0.15) is 5.76 Å². The maximum absolute atomic E-state index is 12.9. The molecule has 0 aliphatic heterocycles. The molecule has 3 aromatic rings. The van der Waals surface area contributed by atoms with Gasteiger partial charge in [-0.15, -0.1) is 0 Å². The lowest BCUT2D eigenvalue weighted by Crippen LogP contribution is -2.18. The van der Waals surface area contributed by atoms with Crippen LogP contribution in [0.4, 0.5) is 0 Å². The third kappa shape index (κ3) is 4.04. The maximum Gasteiger partial charge on any atom is 0.168 e. The van der Waals surface area contributed by atoms with E-state index in [0.717, 1.165) is 16.9 Å². The van der Waals surface area contributed by atoms with E-state index in [0.29, 0.717) is 55.2 Å². The van der Waals surface area contributed by atoms with Crippen LogP contribution in [0.1, 0.15) is 59.1 Å². The normalized spacial score (nSPS) is 15.8. The molecule has 1 aliphatic rings. The van der Waals surface area contributed by atoms with Crippen LogP contribution in [-0.2, 0) is 12.8 Å². The van der Waals surface area contributed by atoms with Gasteiger partial charge >= 0.3 is 0 Å². The molecule has 5 heteroatoms. The van der Waals surface area contributed by atoms with E-state index >= 15 is 0 Å². The highest BCUT2D eigenvalue weighted by Crippen LogP contribution is 2.35. The van der Waals surface area contributed by atoms with Gasteiger partial charge in [0.05, 0.1) is 24.5 Å². The fraction of sp³-hybridized carbons (Fsp3) is 0.333. The number of hydrogen-bond donors (Lipinski definition) is 0. The van der Waals surface area contributed by atoms with Crippen molar-refractivity contribution < 1.29 is 18.8 Å². The second kappa shape index (κ2) is 8.52. The Kier molecular flexibility index (Phi) is 5.65. The quantitative estimate of drug-likeness (QED) is 0.569. The Bertz CT molecular complexity index is 993. The number of carbonyl (C=O) groups excluding carboxylic acids is 1. The highest BCUT2D eigenvalue weighted by Gasteiger charge is 2.32. The molecule has 0 unspecified atom stereocenters. The summed E-state index contributed by atoms with van der Waals surface area (Å²) in [5.74, 6) is 2.38. The van der Waals surface area contributed by atoms with Crippen LogP contribution in [-0.4, -0.2) is 24.2 Å². The summed E-state index contributed by atoms with van der Waals surface area (Å²) < 4.78 is 16.9. The molecule has 0 amide bonds. The number of Topliss-reactive ketones (excluding diaryl/α,β-unsaturated/α-hetero) is 1. The van der Waals surface area contributed by atoms with E-state index in [-0.39, 0.29) is 11.7 Å². The highest BCUT2D eigenvalue weighted by molar-refractivity contribution is 5.99. The molecule has 1 aromatic heterocycles. The first-order valence-corrected chi connectivity index (χ1v) is 10.1. The molecule has 2 aromatic carbocycles. The summed E-state index contributed by atoms with van der Waals surface area (Å²) in [4.78, 5) is 12.9. The zero-order valence-corrected chi connectivity index (χ0v) is 16.8. The van der Waals surface area contributed by atoms with Crippen molar-refractivity contribution in [3.05, 3.63) is 76.7 Å². The Hall–Kier alpha value is -3.08. The average Bonchev–Trinajstić information content (AvgIpc) is 3.14. The van der Waals surface area contributed by atoms with Crippen molar-refractivity contribution in [2.45, 2.75) is 39.0 Å². The van der Waals surface area contributed by atoms with E-state index in [9.17, 15) is 4.79 Å². The van der Waals surface area contributed by atoms with Gasteiger partial charge in [0.2, 0.25) is 0 Å². The maximum atomic E-state index is 12.9. The minimum absolute atomic E-state index is 0.104. The first-order valence-electron chi connectivity index (χ1n) is 10.1. The van der Waals surface area contributed by atoms with Gasteiger partial charge < -0.3 is 14.0 Å². The number of aromatic nitrogens is 1. The molecule has 1 heterocycles. The van der Waals surface area contributed by atoms with Crippen LogP contribution in [0.3, 0.4) is 0 Å². The molecule has 0 spiro atoms. The molecular formula is C24H25NO4. The SMILES string of the molecule is CCOc1ccc(Cc2noc3c2C(=O)C[C@@H](c2ccccc2)C3)cc1OCC. The van der Waals surface area contributed by atoms with Crippen molar-refractivity contribution >= 4 is 5.78 Å². The van der Waals surface area contributed by atoms with E-state index in [4.69, 9.17) is 14.0 Å². The molecule has 0 radical (unpaired) electrons. The van der Waals surface area contributed by atoms with E-state index in [2.05, 4.69) is 17.3 Å². The van der Waals surface area contributed by atoms with E-state index in [1.807, 2.05) is 50.2 Å². The van der Waals surface area contributed by atoms with Crippen molar-refractivity contribution in [3.63, 3.8) is 0 Å². The number of rotatable bonds is 7. The van der Waals surface area contributed by atoms with Crippen molar-refractivity contribution in [3.8, 4) is 11.5 Å². The monoisotopic (exact) mass is 391 g/mol. The Balaban J connectivity index is 1.57. The summed E-state index contributed by atoms with van der Waals surface area (Å²) in [6.45, 7) is 5.02. The minimum Gasteiger partial charge on any atom is -0.490 e. The molecular weight excluding hydrogens is 366 g/mol. The number of ketones is 1. The largest absolute Gasteiger partial charge is 0.490 e. The lowest BCUT2D eigenvalue weighted by atomic mass is 9.81. The molecule has 1 atom stereocenters. The molecule has 0 saturated heterocycles. The predicted molar refractivity (Wildman–Crippen MR) is 110 cm³/mol. The number of nitrogens with zero attached hydrogens (tertiary/aromatic N) is 1. The van der Waals surface area contributed by atoms with E-state index in [1.54, 1.807) is 0 Å². The molecule has 0 saturated carbocycles. The fourth-order valence-corrected chi connectivity index (χ4v) is 3.92. The van der Waals surface area contributed by atoms with Gasteiger partial charge in [0, 0.05) is 19.3 Å². The van der Waals surface area contributed by atoms with Gasteiger partial charge in [-0.25, -0.2) is 0 Å². The van der Waals surface area contributed by atoms with Crippen LogP contribution in [0.5, 0.6) is 11.5 Å². The Morgan fingerprint density at radius 2 is 1.76 bits per heavy atom. The van der Waals surface area contributed by atoms with Gasteiger partial charge in [-0.3, -0.25) is 4.79 Å². The van der Waals surface area contributed by atoms with Gasteiger partial charge in [-0.05, 0) is 43.0 Å². The molecule has 29 heavy (non-hydrogen) atoms. The summed E-state index contributed by atoms with van der Waals surface area (Å²) in [7, 11) is 0. The number of benzene rings is 2. The summed E-state index contributed by atoms with van der Waals surface area (Å²) in [6.07, 6.45) is 1.71. The van der Waals surface area contributed by atoms with Crippen molar-refractivity contribution in [2.75, 3.05) is 13.2 Å². The van der Waals surface area contributed by atoms with Crippen LogP contribution >= 0.6 is 0 Å². The van der Waals surface area contributed by atoms with Crippen LogP contribution in [0.15, 0.2) is 53.1 Å². The molecule has 150 valence electrons. The van der Waals surface area contributed by atoms with Gasteiger partial charge in [0.15, 0.2) is 17.3 Å². The number of carbonyl (C=O) groups is 1. The Morgan fingerprint density at radius 3 is 2.52 bits per heavy atom. The van der Waals surface area contributed by atoms with Crippen LogP contribution < -0.4 is 9.47 Å². The molecule has 0 bridgehead atoms. The third-order valence-electron chi connectivity index (χ3n) is 5.23. The van der Waals surface area contributed by atoms with Gasteiger partial charge in [0.25, 0.3) is 0 Å². The summed E-state index contributed by atoms with van der Waals surface area (Å²) in [5, 5.41) is 4.24. The van der Waals surface area contributed by atoms with E-state index < -0.39 is 0 Å². The third-order valence-corrected chi connectivity index (χ3v) is 5.23. The molecule has 5 nitrogen and oxygen atoms in total. The zero-order chi connectivity index (χ0) is 20.2. The van der Waals surface area contributed by atoms with E-state index in [1.165, 1.54) is 0 Å². The second-order valence-electron chi connectivity index (χ2n) is 7.19. The minimum atomic E-state index is 0.104. The molecule has 1 aliphatic carbocycles. The molecule has 0 fully saturated rings. The van der Waals surface area contributed by atoms with Crippen LogP contribution in [0.25, 0.3) is 0 Å². The fourth-order valence-electron chi connectivity index (χ4n) is 3.92. The lowest BCUT2D eigenvalue weighted by Gasteiger charge is -2.20. The van der Waals surface area contributed by atoms with Crippen molar-refractivity contribution in [2.24, 2.45) is 0 Å². The average molecular weight is 391 g/mol. The molecule has 0 N–H and O–H groups in total. The number of fused-ring (bicyclic) bond motifs is 1. The second-order valence-corrected chi connectivity index (χ2v) is 7.19. The van der Waals surface area contributed by atoms with Crippen molar-refractivity contribution in [1.29, 1.82) is 0 Å². The summed E-state index contributed by atoms with van der Waals surface area (Å²) >= 11 is 0. The zero-order valence-electron chi connectivity index (χ0n) is 16.8. The van der Waals surface area contributed by atoms with Crippen LogP contribution in [0, 0.1) is 0 Å². The highest BCUT2D eigenvalue weighted by atomic mass is 16.5. The topological polar surface area (TPSA) is 61.6 Å². The first-order chi connectivity index (χ1) is 14.2. The van der Waals surface area contributed by atoms with Gasteiger partial charge in [-0.2, -0.15) is 0 Å².